The zero-order valence-corrected chi connectivity index (χ0v) is 27.0. The molecule has 47 heavy (non-hydrogen) atoms. The number of nitrogens with zero attached hydrogens (tertiary/aromatic N) is 6. The van der Waals surface area contributed by atoms with Crippen LogP contribution in [0.4, 0.5) is 17.3 Å². The molecule has 0 saturated carbocycles. The van der Waals surface area contributed by atoms with Crippen molar-refractivity contribution in [3.8, 4) is 22.6 Å². The zero-order chi connectivity index (χ0) is 33.3. The van der Waals surface area contributed by atoms with E-state index in [0.717, 1.165) is 5.56 Å². The Morgan fingerprint density at radius 3 is 2.47 bits per heavy atom. The van der Waals surface area contributed by atoms with E-state index in [1.54, 1.807) is 39.7 Å². The van der Waals surface area contributed by atoms with Crippen molar-refractivity contribution in [2.45, 2.75) is 38.1 Å². The summed E-state index contributed by atoms with van der Waals surface area (Å²) in [5, 5.41) is 8.18. The van der Waals surface area contributed by atoms with Gasteiger partial charge in [-0.1, -0.05) is 25.1 Å². The van der Waals surface area contributed by atoms with Crippen LogP contribution in [0.15, 0.2) is 95.1 Å². The Morgan fingerprint density at radius 1 is 1.02 bits per heavy atom. The van der Waals surface area contributed by atoms with Crippen LogP contribution < -0.4 is 26.1 Å². The van der Waals surface area contributed by atoms with E-state index in [0.29, 0.717) is 51.8 Å². The lowest BCUT2D eigenvalue weighted by Gasteiger charge is -2.21. The number of nitrogens with one attached hydrogen (secondary N) is 2. The van der Waals surface area contributed by atoms with Gasteiger partial charge in [-0.25, -0.2) is 22.9 Å². The van der Waals surface area contributed by atoms with E-state index in [1.165, 1.54) is 25.6 Å². The van der Waals surface area contributed by atoms with Crippen molar-refractivity contribution >= 4 is 32.9 Å². The molecular weight excluding hydrogens is 618 g/mol. The molecule has 0 unspecified atom stereocenters. The fraction of sp³-hybridized carbons (Fsp3) is 0.182. The van der Waals surface area contributed by atoms with Crippen LogP contribution >= 0.6 is 0 Å². The quantitative estimate of drug-likeness (QED) is 0.187. The molecule has 2 aromatic carbocycles. The molecule has 0 spiro atoms. The number of hydrogen-bond donors (Lipinski definition) is 3. The molecule has 1 atom stereocenters. The second kappa shape index (κ2) is 12.6. The van der Waals surface area contributed by atoms with Gasteiger partial charge in [-0.05, 0) is 74.4 Å². The Kier molecular flexibility index (Phi) is 8.35. The standard InChI is InChI=1S/C33H33N9O4S/c1-5-26-27(40-47(44,45)25-13-11-24(46-4)12-14-25)17-22(18-35-26)28-30(34)36-19-37-31(28)38-21(3)32-39-41-16-15-20(2)29(41)33(43)42(32)23-9-7-6-8-10-23/h6-19,21,40H,5H2,1-4H3,(H3,34,36,37,38)/t21-/m0/s1. The highest BCUT2D eigenvalue weighted by Gasteiger charge is 2.23. The summed E-state index contributed by atoms with van der Waals surface area (Å²) in [7, 11) is -2.45. The van der Waals surface area contributed by atoms with Gasteiger partial charge in [0.25, 0.3) is 15.6 Å². The van der Waals surface area contributed by atoms with Crippen molar-refractivity contribution in [3.05, 3.63) is 113 Å². The van der Waals surface area contributed by atoms with Crippen LogP contribution in [0.1, 0.15) is 37.0 Å². The molecule has 6 aromatic rings. The number of aryl methyl sites for hydroxylation is 2. The lowest BCUT2D eigenvalue weighted by molar-refractivity contribution is 0.414. The zero-order valence-electron chi connectivity index (χ0n) is 26.2. The van der Waals surface area contributed by atoms with E-state index in [9.17, 15) is 13.2 Å². The summed E-state index contributed by atoms with van der Waals surface area (Å²) >= 11 is 0. The molecular formula is C33H33N9O4S. The molecule has 0 radical (unpaired) electrons. The second-order valence-corrected chi connectivity index (χ2v) is 12.5. The molecule has 13 nitrogen and oxygen atoms in total. The predicted octanol–water partition coefficient (Wildman–Crippen LogP) is 4.77. The van der Waals surface area contributed by atoms with Gasteiger partial charge in [-0.3, -0.25) is 19.1 Å². The number of benzene rings is 2. The number of para-hydroxylation sites is 1. The lowest BCUT2D eigenvalue weighted by Crippen LogP contribution is -2.29. The van der Waals surface area contributed by atoms with Gasteiger partial charge in [-0.2, -0.15) is 5.10 Å². The molecule has 0 aliphatic carbocycles. The number of methoxy groups -OCH3 is 1. The predicted molar refractivity (Wildman–Crippen MR) is 180 cm³/mol. The minimum absolute atomic E-state index is 0.0660. The first-order valence-corrected chi connectivity index (χ1v) is 16.3. The molecule has 0 aliphatic heterocycles. The van der Waals surface area contributed by atoms with Crippen LogP contribution in [0.5, 0.6) is 5.75 Å². The van der Waals surface area contributed by atoms with Crippen molar-refractivity contribution in [1.82, 2.24) is 29.1 Å². The maximum Gasteiger partial charge on any atom is 0.282 e. The number of nitrogen functional groups attached to an aromatic ring is 1. The number of rotatable bonds is 10. The highest BCUT2D eigenvalue weighted by Crippen LogP contribution is 2.35. The molecule has 240 valence electrons. The number of pyridine rings is 1. The Morgan fingerprint density at radius 2 is 1.77 bits per heavy atom. The van der Waals surface area contributed by atoms with E-state index < -0.39 is 16.1 Å². The Labute approximate surface area is 271 Å². The number of aromatic nitrogens is 6. The third kappa shape index (κ3) is 5.97. The first kappa shape index (κ1) is 31.2. The summed E-state index contributed by atoms with van der Waals surface area (Å²) in [6.45, 7) is 5.61. The van der Waals surface area contributed by atoms with Crippen LogP contribution in [0, 0.1) is 6.92 Å². The van der Waals surface area contributed by atoms with Crippen molar-refractivity contribution in [2.24, 2.45) is 0 Å². The average molecular weight is 652 g/mol. The Bertz CT molecular complexity index is 2250. The minimum atomic E-state index is -3.96. The SMILES string of the molecule is CCc1ncc(-c2c(N)ncnc2N[C@@H](C)c2nn3ccc(C)c3c(=O)n2-c2ccccc2)cc1NS(=O)(=O)c1ccc(OC)cc1. The third-order valence-corrected chi connectivity index (χ3v) is 9.13. The molecule has 4 heterocycles. The monoisotopic (exact) mass is 651 g/mol. The van der Waals surface area contributed by atoms with Crippen molar-refractivity contribution in [3.63, 3.8) is 0 Å². The molecule has 0 fully saturated rings. The van der Waals surface area contributed by atoms with E-state index in [4.69, 9.17) is 15.6 Å². The summed E-state index contributed by atoms with van der Waals surface area (Å²) in [6, 6.07) is 18.3. The second-order valence-electron chi connectivity index (χ2n) is 10.8. The topological polar surface area (TPSA) is 171 Å². The molecule has 4 N–H and O–H groups in total. The van der Waals surface area contributed by atoms with Gasteiger partial charge in [-0.15, -0.1) is 0 Å². The number of hydrogen-bond acceptors (Lipinski definition) is 10. The van der Waals surface area contributed by atoms with Crippen molar-refractivity contribution < 1.29 is 13.2 Å². The Balaban J connectivity index is 1.41. The molecule has 6 rings (SSSR count). The van der Waals surface area contributed by atoms with Crippen LogP contribution in [0.25, 0.3) is 22.3 Å². The normalized spacial score (nSPS) is 12.2. The summed E-state index contributed by atoms with van der Waals surface area (Å²) in [6.07, 6.45) is 5.14. The largest absolute Gasteiger partial charge is 0.497 e. The van der Waals surface area contributed by atoms with Crippen LogP contribution in [-0.2, 0) is 16.4 Å². The van der Waals surface area contributed by atoms with Gasteiger partial charge in [0.2, 0.25) is 0 Å². The summed E-state index contributed by atoms with van der Waals surface area (Å²) in [4.78, 5) is 27.1. The minimum Gasteiger partial charge on any atom is -0.497 e. The first-order chi connectivity index (χ1) is 22.6. The van der Waals surface area contributed by atoms with Crippen LogP contribution in [-0.4, -0.2) is 44.7 Å². The maximum atomic E-state index is 13.8. The summed E-state index contributed by atoms with van der Waals surface area (Å²) in [5.74, 6) is 1.46. The van der Waals surface area contributed by atoms with Gasteiger partial charge < -0.3 is 15.8 Å². The number of sulfonamides is 1. The molecule has 14 heteroatoms. The number of ether oxygens (including phenoxy) is 1. The van der Waals surface area contributed by atoms with E-state index in [2.05, 4.69) is 25.0 Å². The molecule has 0 aliphatic rings. The smallest absolute Gasteiger partial charge is 0.282 e. The fourth-order valence-corrected chi connectivity index (χ4v) is 6.44. The van der Waals surface area contributed by atoms with E-state index in [-0.39, 0.29) is 22.0 Å². The summed E-state index contributed by atoms with van der Waals surface area (Å²) < 4.78 is 37.7. The first-order valence-electron chi connectivity index (χ1n) is 14.8. The Hall–Kier alpha value is -5.76. The number of nitrogens with two attached hydrogens (primary N) is 1. The highest BCUT2D eigenvalue weighted by atomic mass is 32.2. The highest BCUT2D eigenvalue weighted by molar-refractivity contribution is 7.92. The lowest BCUT2D eigenvalue weighted by atomic mass is 10.1. The van der Waals surface area contributed by atoms with E-state index in [1.807, 2.05) is 57.2 Å². The van der Waals surface area contributed by atoms with Crippen molar-refractivity contribution in [2.75, 3.05) is 22.9 Å². The fourth-order valence-electron chi connectivity index (χ4n) is 5.36. The van der Waals surface area contributed by atoms with Gasteiger partial charge in [0.1, 0.15) is 29.2 Å². The molecule has 4 aromatic heterocycles. The van der Waals surface area contributed by atoms with Gasteiger partial charge in [0.05, 0.1) is 40.7 Å². The summed E-state index contributed by atoms with van der Waals surface area (Å²) in [5.41, 5.74) is 9.86. The van der Waals surface area contributed by atoms with E-state index >= 15 is 0 Å². The number of anilines is 3. The molecule has 0 saturated heterocycles. The third-order valence-electron chi connectivity index (χ3n) is 7.75. The average Bonchev–Trinajstić information content (AvgIpc) is 3.45. The van der Waals surface area contributed by atoms with Gasteiger partial charge >= 0.3 is 0 Å². The van der Waals surface area contributed by atoms with Gasteiger partial charge in [0, 0.05) is 18.0 Å². The van der Waals surface area contributed by atoms with Crippen LogP contribution in [0.2, 0.25) is 0 Å². The van der Waals surface area contributed by atoms with Crippen molar-refractivity contribution in [1.29, 1.82) is 0 Å². The van der Waals surface area contributed by atoms with Crippen LogP contribution in [0.3, 0.4) is 0 Å². The van der Waals surface area contributed by atoms with Gasteiger partial charge in [0.15, 0.2) is 5.82 Å². The maximum absolute atomic E-state index is 13.8. The molecule has 0 amide bonds. The molecule has 0 bridgehead atoms. The number of fused-ring (bicyclic) bond motifs is 1.